The second kappa shape index (κ2) is 4.60. The van der Waals surface area contributed by atoms with Crippen molar-refractivity contribution >= 4 is 17.6 Å². The maximum absolute atomic E-state index is 13.2. The number of hydrogen-bond donors (Lipinski definition) is 2. The summed E-state index contributed by atoms with van der Waals surface area (Å²) in [4.78, 5) is 11.3. The molecule has 7 heteroatoms. The van der Waals surface area contributed by atoms with Gasteiger partial charge in [0.15, 0.2) is 0 Å². The Morgan fingerprint density at radius 1 is 1.24 bits per heavy atom. The number of nitrogens with one attached hydrogen (secondary N) is 2. The van der Waals surface area contributed by atoms with Crippen molar-refractivity contribution in [3.8, 4) is 0 Å². The summed E-state index contributed by atoms with van der Waals surface area (Å²) in [6.07, 6.45) is 1.34. The molecule has 0 unspecified atom stereocenters. The first-order chi connectivity index (χ1) is 8.15. The Morgan fingerprint density at radius 2 is 2.06 bits per heavy atom. The summed E-state index contributed by atoms with van der Waals surface area (Å²) < 4.78 is 30.4. The van der Waals surface area contributed by atoms with E-state index in [9.17, 15) is 13.6 Å². The summed E-state index contributed by atoms with van der Waals surface area (Å²) in [5.41, 5.74) is -0.136. The van der Waals surface area contributed by atoms with Crippen molar-refractivity contribution in [3.63, 3.8) is 0 Å². The van der Waals surface area contributed by atoms with Gasteiger partial charge in [0.05, 0.1) is 11.9 Å². The second-order valence-electron chi connectivity index (χ2n) is 3.08. The van der Waals surface area contributed by atoms with E-state index in [4.69, 9.17) is 0 Å². The number of hydrogen-bond acceptors (Lipinski definition) is 3. The zero-order valence-electron chi connectivity index (χ0n) is 8.41. The molecule has 0 aliphatic rings. The molecule has 2 N–H and O–H groups in total. The molecule has 2 rings (SSSR count). The Bertz CT molecular complexity index is 528. The quantitative estimate of drug-likeness (QED) is 0.846. The lowest BCUT2D eigenvalue weighted by atomic mass is 10.3. The lowest BCUT2D eigenvalue weighted by Crippen LogP contribution is -2.19. The highest BCUT2D eigenvalue weighted by molar-refractivity contribution is 5.98. The smallest absolute Gasteiger partial charge is 0.326 e. The summed E-state index contributed by atoms with van der Waals surface area (Å²) >= 11 is 0. The van der Waals surface area contributed by atoms with E-state index in [-0.39, 0.29) is 11.6 Å². The molecule has 1 heterocycles. The highest BCUT2D eigenvalue weighted by Crippen LogP contribution is 2.15. The predicted octanol–water partition coefficient (Wildman–Crippen LogP) is 2.60. The van der Waals surface area contributed by atoms with E-state index in [1.807, 2.05) is 0 Å². The number of aromatic nitrogens is 1. The molecule has 17 heavy (non-hydrogen) atoms. The third kappa shape index (κ3) is 2.77. The largest absolute Gasteiger partial charge is 0.338 e. The molecule has 0 spiro atoms. The number of carbonyl (C=O) groups is 1. The van der Waals surface area contributed by atoms with Crippen molar-refractivity contribution in [2.75, 3.05) is 10.6 Å². The van der Waals surface area contributed by atoms with E-state index >= 15 is 0 Å². The highest BCUT2D eigenvalue weighted by atomic mass is 19.1. The molecule has 0 fully saturated rings. The predicted molar refractivity (Wildman–Crippen MR) is 55.5 cm³/mol. The van der Waals surface area contributed by atoms with Gasteiger partial charge in [-0.2, -0.15) is 0 Å². The summed E-state index contributed by atoms with van der Waals surface area (Å²) in [5, 5.41) is 7.84. The van der Waals surface area contributed by atoms with Gasteiger partial charge in [0.25, 0.3) is 0 Å². The lowest BCUT2D eigenvalue weighted by molar-refractivity contribution is 0.261. The van der Waals surface area contributed by atoms with Gasteiger partial charge in [-0.3, -0.25) is 5.32 Å². The monoisotopic (exact) mass is 239 g/mol. The molecule has 0 radical (unpaired) electrons. The van der Waals surface area contributed by atoms with Crippen molar-refractivity contribution in [2.24, 2.45) is 0 Å². The van der Waals surface area contributed by atoms with Crippen LogP contribution >= 0.6 is 0 Å². The summed E-state index contributed by atoms with van der Waals surface area (Å²) in [5.74, 6) is -1.47. The van der Waals surface area contributed by atoms with Gasteiger partial charge in [-0.25, -0.2) is 13.6 Å². The Hall–Kier alpha value is -2.44. The Morgan fingerprint density at radius 3 is 2.71 bits per heavy atom. The fourth-order valence-corrected chi connectivity index (χ4v) is 1.14. The number of benzene rings is 1. The average molecular weight is 239 g/mol. The molecule has 0 aliphatic heterocycles. The first-order valence-corrected chi connectivity index (χ1v) is 4.59. The molecular formula is C10H7F2N3O2. The van der Waals surface area contributed by atoms with Crippen molar-refractivity contribution in [2.45, 2.75) is 0 Å². The summed E-state index contributed by atoms with van der Waals surface area (Å²) in [7, 11) is 0. The molecule has 2 aromatic rings. The molecule has 5 nitrogen and oxygen atoms in total. The fourth-order valence-electron chi connectivity index (χ4n) is 1.14. The molecular weight excluding hydrogens is 232 g/mol. The minimum atomic E-state index is -0.863. The topological polar surface area (TPSA) is 67.2 Å². The van der Waals surface area contributed by atoms with Gasteiger partial charge in [0.2, 0.25) is 5.88 Å². The molecule has 1 aromatic carbocycles. The van der Waals surface area contributed by atoms with Gasteiger partial charge in [-0.1, -0.05) is 5.16 Å². The van der Waals surface area contributed by atoms with Crippen LogP contribution in [0.25, 0.3) is 0 Å². The number of urea groups is 1. The van der Waals surface area contributed by atoms with Gasteiger partial charge in [0, 0.05) is 12.1 Å². The highest BCUT2D eigenvalue weighted by Gasteiger charge is 2.09. The van der Waals surface area contributed by atoms with Crippen LogP contribution in [0, 0.1) is 11.6 Å². The molecule has 0 saturated heterocycles. The first-order valence-electron chi connectivity index (χ1n) is 4.59. The lowest BCUT2D eigenvalue weighted by Gasteiger charge is -2.05. The molecule has 88 valence electrons. The van der Waals surface area contributed by atoms with Crippen LogP contribution in [0.2, 0.25) is 0 Å². The number of carbonyl (C=O) groups excluding carboxylic acids is 1. The average Bonchev–Trinajstić information content (AvgIpc) is 2.75. The van der Waals surface area contributed by atoms with E-state index in [2.05, 4.69) is 20.3 Å². The minimum absolute atomic E-state index is 0.116. The van der Waals surface area contributed by atoms with Crippen LogP contribution in [0.4, 0.5) is 25.1 Å². The number of halogens is 2. The number of rotatable bonds is 2. The van der Waals surface area contributed by atoms with Gasteiger partial charge < -0.3 is 9.84 Å². The van der Waals surface area contributed by atoms with E-state index < -0.39 is 17.7 Å². The zero-order valence-corrected chi connectivity index (χ0v) is 8.41. The third-order valence-corrected chi connectivity index (χ3v) is 1.85. The van der Waals surface area contributed by atoms with E-state index in [0.29, 0.717) is 6.07 Å². The standard InChI is InChI=1S/C10H7F2N3O2/c11-6-1-2-8(7(12)5-6)14-10(16)15-9-3-4-13-17-9/h1-5H,(H2,14,15,16). The fraction of sp³-hybridized carbons (Fsp3) is 0. The summed E-state index contributed by atoms with van der Waals surface area (Å²) in [6.45, 7) is 0. The van der Waals surface area contributed by atoms with Gasteiger partial charge >= 0.3 is 6.03 Å². The van der Waals surface area contributed by atoms with Crippen LogP contribution < -0.4 is 10.6 Å². The van der Waals surface area contributed by atoms with Crippen LogP contribution in [0.3, 0.4) is 0 Å². The zero-order chi connectivity index (χ0) is 12.3. The third-order valence-electron chi connectivity index (χ3n) is 1.85. The number of nitrogens with zero attached hydrogens (tertiary/aromatic N) is 1. The Labute approximate surface area is 94.4 Å². The number of anilines is 2. The number of amides is 2. The second-order valence-corrected chi connectivity index (χ2v) is 3.08. The molecule has 0 atom stereocenters. The maximum Gasteiger partial charge on any atom is 0.326 e. The molecule has 2 amide bonds. The molecule has 0 bridgehead atoms. The van der Waals surface area contributed by atoms with Gasteiger partial charge in [0.1, 0.15) is 11.6 Å². The molecule has 1 aromatic heterocycles. The first kappa shape index (κ1) is 11.1. The van der Waals surface area contributed by atoms with Crippen LogP contribution in [0.1, 0.15) is 0 Å². The Balaban J connectivity index is 2.03. The Kier molecular flexibility index (Phi) is 2.99. The SMILES string of the molecule is O=C(Nc1ccno1)Nc1ccc(F)cc1F. The van der Waals surface area contributed by atoms with Gasteiger partial charge in [-0.15, -0.1) is 0 Å². The molecule has 0 aliphatic carbocycles. The van der Waals surface area contributed by atoms with Crippen LogP contribution in [-0.2, 0) is 0 Å². The minimum Gasteiger partial charge on any atom is -0.338 e. The van der Waals surface area contributed by atoms with Crippen molar-refractivity contribution in [3.05, 3.63) is 42.1 Å². The van der Waals surface area contributed by atoms with E-state index in [1.165, 1.54) is 12.3 Å². The van der Waals surface area contributed by atoms with Crippen molar-refractivity contribution < 1.29 is 18.1 Å². The molecule has 0 saturated carbocycles. The van der Waals surface area contributed by atoms with E-state index in [0.717, 1.165) is 12.1 Å². The summed E-state index contributed by atoms with van der Waals surface area (Å²) in [6, 6.07) is 3.52. The van der Waals surface area contributed by atoms with Crippen LogP contribution in [0.5, 0.6) is 0 Å². The normalized spacial score (nSPS) is 10.0. The van der Waals surface area contributed by atoms with Crippen molar-refractivity contribution in [1.82, 2.24) is 5.16 Å². The van der Waals surface area contributed by atoms with Crippen LogP contribution in [0.15, 0.2) is 35.0 Å². The van der Waals surface area contributed by atoms with Crippen molar-refractivity contribution in [1.29, 1.82) is 0 Å². The van der Waals surface area contributed by atoms with E-state index in [1.54, 1.807) is 0 Å². The maximum atomic E-state index is 13.2. The van der Waals surface area contributed by atoms with Gasteiger partial charge in [-0.05, 0) is 12.1 Å². The van der Waals surface area contributed by atoms with Crippen LogP contribution in [-0.4, -0.2) is 11.2 Å².